The van der Waals surface area contributed by atoms with E-state index in [1.807, 2.05) is 31.3 Å². The summed E-state index contributed by atoms with van der Waals surface area (Å²) in [5.74, 6) is -1.21. The Bertz CT molecular complexity index is 1230. The average Bonchev–Trinajstić information content (AvgIpc) is 3.19. The number of rotatable bonds is 4. The number of nitrogens with zero attached hydrogens (tertiary/aromatic N) is 5. The van der Waals surface area contributed by atoms with Crippen molar-refractivity contribution in [3.8, 4) is 11.1 Å². The van der Waals surface area contributed by atoms with Crippen LogP contribution in [0.5, 0.6) is 0 Å². The Morgan fingerprint density at radius 2 is 1.87 bits per heavy atom. The van der Waals surface area contributed by atoms with Crippen molar-refractivity contribution in [2.75, 3.05) is 23.3 Å². The molecule has 0 radical (unpaired) electrons. The number of aromatic nitrogens is 4. The fourth-order valence-corrected chi connectivity index (χ4v) is 4.05. The Morgan fingerprint density at radius 1 is 1.03 bits per heavy atom. The van der Waals surface area contributed by atoms with Gasteiger partial charge in [0.1, 0.15) is 0 Å². The molecule has 0 saturated carbocycles. The number of benzene rings is 1. The molecular formula is C23H22F2N6. The summed E-state index contributed by atoms with van der Waals surface area (Å²) in [4.78, 5) is 11.3. The Kier molecular flexibility index (Phi) is 4.97. The van der Waals surface area contributed by atoms with E-state index in [1.54, 1.807) is 16.8 Å². The van der Waals surface area contributed by atoms with Crippen LogP contribution >= 0.6 is 0 Å². The number of fused-ring (bicyclic) bond motifs is 1. The van der Waals surface area contributed by atoms with Crippen molar-refractivity contribution in [2.24, 2.45) is 0 Å². The van der Waals surface area contributed by atoms with Crippen molar-refractivity contribution in [3.63, 3.8) is 0 Å². The number of aryl methyl sites for hydroxylation is 1. The Balaban J connectivity index is 1.32. The average molecular weight is 420 g/mol. The maximum Gasteiger partial charge on any atom is 0.243 e. The van der Waals surface area contributed by atoms with Gasteiger partial charge in [0.15, 0.2) is 17.3 Å². The number of hydrogen-bond acceptors (Lipinski definition) is 5. The van der Waals surface area contributed by atoms with Crippen molar-refractivity contribution in [2.45, 2.75) is 25.8 Å². The van der Waals surface area contributed by atoms with Gasteiger partial charge in [-0.2, -0.15) is 4.98 Å². The van der Waals surface area contributed by atoms with E-state index < -0.39 is 11.6 Å². The van der Waals surface area contributed by atoms with Crippen molar-refractivity contribution in [1.29, 1.82) is 0 Å². The van der Waals surface area contributed by atoms with Crippen LogP contribution in [0.15, 0.2) is 54.9 Å². The fourth-order valence-electron chi connectivity index (χ4n) is 4.05. The smallest absolute Gasteiger partial charge is 0.243 e. The third-order valence-corrected chi connectivity index (χ3v) is 5.67. The molecule has 0 atom stereocenters. The second kappa shape index (κ2) is 7.94. The van der Waals surface area contributed by atoms with E-state index in [0.29, 0.717) is 22.7 Å². The van der Waals surface area contributed by atoms with Gasteiger partial charge in [0.2, 0.25) is 5.95 Å². The summed E-state index contributed by atoms with van der Waals surface area (Å²) >= 11 is 0. The van der Waals surface area contributed by atoms with Crippen molar-refractivity contribution >= 4 is 17.3 Å². The SMILES string of the molecule is Cc1cc(N2CCC(Nc3nc4c(-c5ccc(F)c(F)c5)cccn4n3)CC2)ccn1. The molecule has 5 rings (SSSR count). The highest BCUT2D eigenvalue weighted by atomic mass is 19.2. The lowest BCUT2D eigenvalue weighted by Crippen LogP contribution is -2.39. The minimum atomic E-state index is -0.881. The van der Waals surface area contributed by atoms with E-state index in [1.165, 1.54) is 11.8 Å². The zero-order chi connectivity index (χ0) is 21.4. The highest BCUT2D eigenvalue weighted by Gasteiger charge is 2.21. The van der Waals surface area contributed by atoms with Gasteiger partial charge in [-0.3, -0.25) is 4.98 Å². The zero-order valence-electron chi connectivity index (χ0n) is 17.1. The zero-order valence-corrected chi connectivity index (χ0v) is 17.1. The molecule has 0 spiro atoms. The van der Waals surface area contributed by atoms with E-state index >= 15 is 0 Å². The van der Waals surface area contributed by atoms with Gasteiger partial charge in [0, 0.05) is 48.5 Å². The number of halogens is 2. The summed E-state index contributed by atoms with van der Waals surface area (Å²) in [6, 6.07) is 11.9. The number of piperidine rings is 1. The third-order valence-electron chi connectivity index (χ3n) is 5.67. The second-order valence-electron chi connectivity index (χ2n) is 7.82. The van der Waals surface area contributed by atoms with Crippen molar-refractivity contribution in [1.82, 2.24) is 19.6 Å². The van der Waals surface area contributed by atoms with Crippen LogP contribution in [-0.4, -0.2) is 38.7 Å². The minimum Gasteiger partial charge on any atom is -0.371 e. The summed E-state index contributed by atoms with van der Waals surface area (Å²) < 4.78 is 28.7. The molecule has 158 valence electrons. The Labute approximate surface area is 178 Å². The summed E-state index contributed by atoms with van der Waals surface area (Å²) in [6.07, 6.45) is 5.57. The van der Waals surface area contributed by atoms with Gasteiger partial charge in [0.05, 0.1) is 0 Å². The lowest BCUT2D eigenvalue weighted by molar-refractivity contribution is 0.509. The summed E-state index contributed by atoms with van der Waals surface area (Å²) in [7, 11) is 0. The molecule has 3 aromatic heterocycles. The molecule has 0 unspecified atom stereocenters. The first kappa shape index (κ1) is 19.4. The van der Waals surface area contributed by atoms with Gasteiger partial charge in [-0.15, -0.1) is 5.10 Å². The molecule has 1 aromatic carbocycles. The molecule has 6 nitrogen and oxygen atoms in total. The first-order valence-electron chi connectivity index (χ1n) is 10.3. The van der Waals surface area contributed by atoms with Gasteiger partial charge >= 0.3 is 0 Å². The van der Waals surface area contributed by atoms with E-state index in [-0.39, 0.29) is 6.04 Å². The molecule has 1 aliphatic heterocycles. The van der Waals surface area contributed by atoms with Gasteiger partial charge in [0.25, 0.3) is 0 Å². The Morgan fingerprint density at radius 3 is 2.65 bits per heavy atom. The van der Waals surface area contributed by atoms with Crippen LogP contribution in [0.3, 0.4) is 0 Å². The largest absolute Gasteiger partial charge is 0.371 e. The quantitative estimate of drug-likeness (QED) is 0.528. The van der Waals surface area contributed by atoms with Crippen LogP contribution in [0, 0.1) is 18.6 Å². The summed E-state index contributed by atoms with van der Waals surface area (Å²) in [5, 5.41) is 7.96. The first-order chi connectivity index (χ1) is 15.1. The van der Waals surface area contributed by atoms with Crippen LogP contribution in [0.4, 0.5) is 20.4 Å². The molecule has 1 N–H and O–H groups in total. The van der Waals surface area contributed by atoms with Crippen LogP contribution in [0.2, 0.25) is 0 Å². The van der Waals surface area contributed by atoms with Gasteiger partial charge in [-0.1, -0.05) is 6.07 Å². The van der Waals surface area contributed by atoms with Crippen LogP contribution in [-0.2, 0) is 0 Å². The third kappa shape index (κ3) is 3.93. The summed E-state index contributed by atoms with van der Waals surface area (Å²) in [5.41, 5.74) is 4.08. The highest BCUT2D eigenvalue weighted by molar-refractivity contribution is 5.77. The lowest BCUT2D eigenvalue weighted by Gasteiger charge is -2.33. The van der Waals surface area contributed by atoms with Crippen LogP contribution in [0.25, 0.3) is 16.8 Å². The van der Waals surface area contributed by atoms with Gasteiger partial charge in [-0.25, -0.2) is 13.3 Å². The van der Waals surface area contributed by atoms with Crippen molar-refractivity contribution < 1.29 is 8.78 Å². The Hall–Kier alpha value is -3.55. The van der Waals surface area contributed by atoms with Gasteiger partial charge in [-0.05, 0) is 61.7 Å². The number of hydrogen-bond donors (Lipinski definition) is 1. The van der Waals surface area contributed by atoms with E-state index in [9.17, 15) is 8.78 Å². The molecule has 31 heavy (non-hydrogen) atoms. The lowest BCUT2D eigenvalue weighted by atomic mass is 10.0. The molecule has 1 saturated heterocycles. The molecule has 0 bridgehead atoms. The van der Waals surface area contributed by atoms with E-state index in [0.717, 1.165) is 37.7 Å². The van der Waals surface area contributed by atoms with Gasteiger partial charge < -0.3 is 10.2 Å². The molecule has 8 heteroatoms. The number of nitrogens with one attached hydrogen (secondary N) is 1. The maximum absolute atomic E-state index is 13.7. The van der Waals surface area contributed by atoms with Crippen molar-refractivity contribution in [3.05, 3.63) is 72.2 Å². The van der Waals surface area contributed by atoms with E-state index in [4.69, 9.17) is 0 Å². The predicted octanol–water partition coefficient (Wildman–Crippen LogP) is 4.46. The normalized spacial score (nSPS) is 14.9. The monoisotopic (exact) mass is 420 g/mol. The molecular weight excluding hydrogens is 398 g/mol. The van der Waals surface area contributed by atoms with Crippen LogP contribution < -0.4 is 10.2 Å². The van der Waals surface area contributed by atoms with Crippen LogP contribution in [0.1, 0.15) is 18.5 Å². The predicted molar refractivity (Wildman–Crippen MR) is 116 cm³/mol. The first-order valence-corrected chi connectivity index (χ1v) is 10.3. The van der Waals surface area contributed by atoms with E-state index in [2.05, 4.69) is 31.3 Å². The maximum atomic E-state index is 13.7. The number of pyridine rings is 2. The topological polar surface area (TPSA) is 58.4 Å². The standard InChI is InChI=1S/C23H22F2N6/c1-15-13-18(6-9-26-15)30-11-7-17(8-12-30)27-23-28-22-19(3-2-10-31(22)29-23)16-4-5-20(24)21(25)14-16/h2-6,9-10,13-14,17H,7-8,11-12H2,1H3,(H,27,29). The highest BCUT2D eigenvalue weighted by Crippen LogP contribution is 2.27. The molecule has 1 fully saturated rings. The molecule has 4 aromatic rings. The number of anilines is 2. The summed E-state index contributed by atoms with van der Waals surface area (Å²) in [6.45, 7) is 3.88. The molecule has 4 heterocycles. The molecule has 0 aliphatic carbocycles. The fraction of sp³-hybridized carbons (Fsp3) is 0.261. The minimum absolute atomic E-state index is 0.267. The second-order valence-corrected chi connectivity index (χ2v) is 7.82. The molecule has 1 aliphatic rings. The molecule has 0 amide bonds.